The van der Waals surface area contributed by atoms with Gasteiger partial charge in [-0.2, -0.15) is 0 Å². The third kappa shape index (κ3) is 3.26. The van der Waals surface area contributed by atoms with Crippen LogP contribution < -0.4 is 0 Å². The third-order valence-corrected chi connectivity index (χ3v) is 9.94. The fraction of sp³-hybridized carbons (Fsp3) is 0.0323. The minimum Gasteiger partial charge on any atom is -0.126 e. The molecule has 0 amide bonds. The summed E-state index contributed by atoms with van der Waals surface area (Å²) in [4.78, 5) is 0. The Morgan fingerprint density at radius 3 is 1.03 bits per heavy atom. The van der Waals surface area contributed by atoms with E-state index in [1.165, 1.54) is 43.8 Å². The Balaban J connectivity index is 1.96. The van der Waals surface area contributed by atoms with Gasteiger partial charge in [-0.1, -0.05) is 128 Å². The maximum Gasteiger partial charge on any atom is 0.198 e. The Morgan fingerprint density at radius 1 is 0.469 bits per heavy atom. The third-order valence-electron chi connectivity index (χ3n) is 6.29. The van der Waals surface area contributed by atoms with E-state index in [9.17, 15) is 0 Å². The van der Waals surface area contributed by atoms with Crippen molar-refractivity contribution in [2.45, 2.75) is 6.55 Å². The van der Waals surface area contributed by atoms with Crippen molar-refractivity contribution in [2.75, 3.05) is 0 Å². The van der Waals surface area contributed by atoms with Crippen molar-refractivity contribution in [3.63, 3.8) is 0 Å². The number of terminal acetylenes is 1. The first kappa shape index (κ1) is 20.1. The highest BCUT2D eigenvalue weighted by atomic mass is 28.3. The van der Waals surface area contributed by atoms with E-state index in [4.69, 9.17) is 6.42 Å². The van der Waals surface area contributed by atoms with E-state index >= 15 is 0 Å². The van der Waals surface area contributed by atoms with Gasteiger partial charge in [-0.05, 0) is 43.8 Å². The van der Waals surface area contributed by atoms with E-state index in [0.717, 1.165) is 0 Å². The Hall–Kier alpha value is -3.86. The van der Waals surface area contributed by atoms with E-state index in [0.29, 0.717) is 0 Å². The quantitative estimate of drug-likeness (QED) is 0.234. The highest BCUT2D eigenvalue weighted by Crippen LogP contribution is 2.55. The summed E-state index contributed by atoms with van der Waals surface area (Å²) in [6.07, 6.45) is 6.45. The van der Waals surface area contributed by atoms with Crippen LogP contribution in [0.1, 0.15) is 22.3 Å². The first-order valence-electron chi connectivity index (χ1n) is 10.9. The second kappa shape index (κ2) is 8.34. The van der Waals surface area contributed by atoms with Crippen molar-refractivity contribution in [3.8, 4) is 12.0 Å². The zero-order chi connectivity index (χ0) is 22.0. The molecule has 32 heavy (non-hydrogen) atoms. The molecule has 0 unspecified atom stereocenters. The van der Waals surface area contributed by atoms with Crippen LogP contribution in [-0.4, -0.2) is 8.07 Å². The molecule has 4 aromatic rings. The average Bonchev–Trinajstić information content (AvgIpc) is 3.16. The lowest BCUT2D eigenvalue weighted by atomic mass is 9.89. The van der Waals surface area contributed by atoms with E-state index < -0.39 is 8.07 Å². The standard InChI is InChI=1S/C31H24Si/c1-3-32(2)30(26-20-12-6-13-21-26)28(24-16-8-4-9-17-24)29(25-18-10-5-11-19-25)31(32)27-22-14-7-15-23-27/h1,4-23H,2H3. The average molecular weight is 425 g/mol. The fourth-order valence-corrected chi connectivity index (χ4v) is 8.45. The van der Waals surface area contributed by atoms with Gasteiger partial charge in [0.2, 0.25) is 0 Å². The number of hydrogen-bond donors (Lipinski definition) is 0. The molecule has 5 rings (SSSR count). The molecule has 0 atom stereocenters. The molecule has 0 aromatic heterocycles. The molecule has 1 aliphatic rings. The summed E-state index contributed by atoms with van der Waals surface area (Å²) < 4.78 is 0. The molecular formula is C31H24Si. The zero-order valence-corrected chi connectivity index (χ0v) is 19.1. The van der Waals surface area contributed by atoms with Crippen LogP contribution in [0, 0.1) is 12.0 Å². The van der Waals surface area contributed by atoms with Gasteiger partial charge in [0.15, 0.2) is 8.07 Å². The number of rotatable bonds is 4. The molecule has 0 aliphatic carbocycles. The van der Waals surface area contributed by atoms with E-state index in [1.54, 1.807) is 0 Å². The van der Waals surface area contributed by atoms with Gasteiger partial charge in [0.25, 0.3) is 0 Å². The van der Waals surface area contributed by atoms with Crippen LogP contribution in [0.5, 0.6) is 0 Å². The molecule has 0 radical (unpaired) electrons. The van der Waals surface area contributed by atoms with Crippen molar-refractivity contribution < 1.29 is 0 Å². The number of allylic oxidation sites excluding steroid dienone is 2. The van der Waals surface area contributed by atoms with Crippen molar-refractivity contribution in [1.29, 1.82) is 0 Å². The Kier molecular flexibility index (Phi) is 5.23. The normalized spacial score (nSPS) is 15.0. The van der Waals surface area contributed by atoms with Gasteiger partial charge in [-0.25, -0.2) is 0 Å². The van der Waals surface area contributed by atoms with Crippen molar-refractivity contribution >= 4 is 29.6 Å². The first-order valence-corrected chi connectivity index (χ1v) is 13.4. The van der Waals surface area contributed by atoms with Gasteiger partial charge in [0, 0.05) is 0 Å². The molecule has 0 fully saturated rings. The van der Waals surface area contributed by atoms with Crippen LogP contribution in [0.2, 0.25) is 6.55 Å². The molecule has 1 aliphatic heterocycles. The number of hydrogen-bond acceptors (Lipinski definition) is 0. The van der Waals surface area contributed by atoms with Gasteiger partial charge in [0.1, 0.15) is 0 Å². The van der Waals surface area contributed by atoms with E-state index in [2.05, 4.69) is 133 Å². The van der Waals surface area contributed by atoms with Crippen molar-refractivity contribution in [3.05, 3.63) is 144 Å². The molecule has 1 heteroatoms. The lowest BCUT2D eigenvalue weighted by Crippen LogP contribution is -2.31. The maximum atomic E-state index is 6.45. The molecule has 152 valence electrons. The highest BCUT2D eigenvalue weighted by Gasteiger charge is 2.46. The molecular weight excluding hydrogens is 400 g/mol. The molecule has 0 saturated carbocycles. The minimum atomic E-state index is -2.51. The lowest BCUT2D eigenvalue weighted by molar-refractivity contribution is 1.58. The molecule has 0 N–H and O–H groups in total. The summed E-state index contributed by atoms with van der Waals surface area (Å²) >= 11 is 0. The van der Waals surface area contributed by atoms with Crippen molar-refractivity contribution in [1.82, 2.24) is 0 Å². The van der Waals surface area contributed by atoms with Crippen LogP contribution in [-0.2, 0) is 0 Å². The van der Waals surface area contributed by atoms with Crippen LogP contribution in [0.4, 0.5) is 0 Å². The summed E-state index contributed by atoms with van der Waals surface area (Å²) in [5.74, 6) is 0. The zero-order valence-electron chi connectivity index (χ0n) is 18.1. The van der Waals surface area contributed by atoms with Gasteiger partial charge in [0.05, 0.1) is 0 Å². The van der Waals surface area contributed by atoms with Gasteiger partial charge in [-0.3, -0.25) is 0 Å². The predicted molar refractivity (Wildman–Crippen MR) is 140 cm³/mol. The smallest absolute Gasteiger partial charge is 0.126 e. The second-order valence-corrected chi connectivity index (χ2v) is 11.8. The Bertz CT molecular complexity index is 1240. The predicted octanol–water partition coefficient (Wildman–Crippen LogP) is 7.55. The summed E-state index contributed by atoms with van der Waals surface area (Å²) in [6, 6.07) is 42.8. The molecule has 0 nitrogen and oxygen atoms in total. The van der Waals surface area contributed by atoms with Gasteiger partial charge >= 0.3 is 0 Å². The topological polar surface area (TPSA) is 0 Å². The molecule has 0 bridgehead atoms. The largest absolute Gasteiger partial charge is 0.198 e. The maximum absolute atomic E-state index is 6.45. The second-order valence-electron chi connectivity index (χ2n) is 8.23. The summed E-state index contributed by atoms with van der Waals surface area (Å²) in [5.41, 5.74) is 10.8. The van der Waals surface area contributed by atoms with Crippen LogP contribution in [0.15, 0.2) is 121 Å². The summed E-state index contributed by atoms with van der Waals surface area (Å²) in [5, 5.41) is 2.65. The number of benzene rings is 4. The van der Waals surface area contributed by atoms with E-state index in [-0.39, 0.29) is 0 Å². The summed E-state index contributed by atoms with van der Waals surface area (Å²) in [7, 11) is -2.51. The highest BCUT2D eigenvalue weighted by molar-refractivity contribution is 7.18. The van der Waals surface area contributed by atoms with Crippen LogP contribution >= 0.6 is 0 Å². The molecule has 4 aromatic carbocycles. The Labute approximate surface area is 191 Å². The summed E-state index contributed by atoms with van der Waals surface area (Å²) in [6.45, 7) is 2.33. The molecule has 0 saturated heterocycles. The van der Waals surface area contributed by atoms with Crippen molar-refractivity contribution in [2.24, 2.45) is 0 Å². The molecule has 0 spiro atoms. The van der Waals surface area contributed by atoms with Crippen LogP contribution in [0.25, 0.3) is 21.5 Å². The van der Waals surface area contributed by atoms with Gasteiger partial charge in [-0.15, -0.1) is 12.0 Å². The van der Waals surface area contributed by atoms with Gasteiger partial charge < -0.3 is 0 Å². The Morgan fingerprint density at radius 2 is 0.750 bits per heavy atom. The van der Waals surface area contributed by atoms with Crippen LogP contribution in [0.3, 0.4) is 0 Å². The minimum absolute atomic E-state index is 1.21. The molecule has 1 heterocycles. The monoisotopic (exact) mass is 424 g/mol. The van der Waals surface area contributed by atoms with E-state index in [1.807, 2.05) is 0 Å². The first-order chi connectivity index (χ1) is 15.7. The SMILES string of the molecule is C#C[Si]1(C)C(c2ccccc2)=C(c2ccccc2)C(c2ccccc2)=C1c1ccccc1. The fourth-order valence-electron chi connectivity index (χ4n) is 4.88. The lowest BCUT2D eigenvalue weighted by Gasteiger charge is -2.25.